The minimum Gasteiger partial charge on any atom is -0.473 e. The zero-order valence-electron chi connectivity index (χ0n) is 16.3. The highest BCUT2D eigenvalue weighted by molar-refractivity contribution is 5.44. The molecule has 0 fully saturated rings. The van der Waals surface area contributed by atoms with E-state index in [9.17, 15) is 22.4 Å². The number of anilines is 1. The first-order valence-electron chi connectivity index (χ1n) is 9.30. The van der Waals surface area contributed by atoms with Crippen molar-refractivity contribution in [2.75, 3.05) is 18.5 Å². The first-order chi connectivity index (χ1) is 14.7. The molecule has 1 aliphatic heterocycles. The van der Waals surface area contributed by atoms with Gasteiger partial charge in [-0.15, -0.1) is 0 Å². The Bertz CT molecular complexity index is 1160. The number of fused-ring (bicyclic) bond motifs is 1. The normalized spacial score (nSPS) is 13.3. The van der Waals surface area contributed by atoms with Crippen LogP contribution in [0.4, 0.5) is 23.4 Å². The van der Waals surface area contributed by atoms with Gasteiger partial charge in [0.2, 0.25) is 5.88 Å². The van der Waals surface area contributed by atoms with Gasteiger partial charge in [-0.3, -0.25) is 4.57 Å². The molecule has 0 spiro atoms. The summed E-state index contributed by atoms with van der Waals surface area (Å²) in [7, 11) is 1.87. The number of nitrogens with zero attached hydrogens (tertiary/aromatic N) is 3. The van der Waals surface area contributed by atoms with Crippen LogP contribution in [0.1, 0.15) is 11.1 Å². The van der Waals surface area contributed by atoms with E-state index in [1.807, 2.05) is 11.9 Å². The minimum atomic E-state index is -4.81. The Morgan fingerprint density at radius 3 is 2.45 bits per heavy atom. The van der Waals surface area contributed by atoms with E-state index >= 15 is 0 Å². The van der Waals surface area contributed by atoms with Crippen molar-refractivity contribution in [3.63, 3.8) is 0 Å². The maximum Gasteiger partial charge on any atom is 0.419 e. The van der Waals surface area contributed by atoms with Gasteiger partial charge in [0.25, 0.3) is 0 Å². The standard InChI is InChI=1S/C21H17F4N3O3/c1-27-8-9-28-19(27)11-18(26-20(28)29)30-12-13-2-4-14(5-3-13)31-15-6-7-17(22)16(10-15)21(23,24)25/h2-7,10-11H,8-9,12H2,1H3. The molecule has 1 aromatic heterocycles. The maximum atomic E-state index is 13.4. The predicted octanol–water partition coefficient (Wildman–Crippen LogP) is 4.22. The highest BCUT2D eigenvalue weighted by Crippen LogP contribution is 2.34. The van der Waals surface area contributed by atoms with Gasteiger partial charge in [-0.25, -0.2) is 9.18 Å². The van der Waals surface area contributed by atoms with E-state index in [4.69, 9.17) is 9.47 Å². The van der Waals surface area contributed by atoms with E-state index in [0.29, 0.717) is 18.7 Å². The molecule has 0 saturated heterocycles. The minimum absolute atomic E-state index is 0.134. The van der Waals surface area contributed by atoms with E-state index in [1.165, 1.54) is 0 Å². The van der Waals surface area contributed by atoms with Crippen LogP contribution in [0.15, 0.2) is 53.3 Å². The molecule has 162 valence electrons. The van der Waals surface area contributed by atoms with Gasteiger partial charge < -0.3 is 14.4 Å². The molecule has 0 radical (unpaired) electrons. The number of hydrogen-bond acceptors (Lipinski definition) is 5. The second kappa shape index (κ2) is 7.93. The summed E-state index contributed by atoms with van der Waals surface area (Å²) in [4.78, 5) is 17.9. The van der Waals surface area contributed by atoms with Crippen molar-refractivity contribution in [2.24, 2.45) is 0 Å². The number of alkyl halides is 3. The van der Waals surface area contributed by atoms with Crippen LogP contribution in [0.25, 0.3) is 0 Å². The van der Waals surface area contributed by atoms with Crippen LogP contribution in [-0.4, -0.2) is 23.1 Å². The Morgan fingerprint density at radius 1 is 1.03 bits per heavy atom. The van der Waals surface area contributed by atoms with Crippen molar-refractivity contribution in [3.8, 4) is 17.4 Å². The molecule has 0 N–H and O–H groups in total. The summed E-state index contributed by atoms with van der Waals surface area (Å²) in [5, 5.41) is 0. The predicted molar refractivity (Wildman–Crippen MR) is 104 cm³/mol. The number of rotatable bonds is 5. The molecular formula is C21H17F4N3O3. The smallest absolute Gasteiger partial charge is 0.419 e. The third kappa shape index (κ3) is 4.47. The molecule has 0 unspecified atom stereocenters. The monoisotopic (exact) mass is 435 g/mol. The summed E-state index contributed by atoms with van der Waals surface area (Å²) in [5.41, 5.74) is -1.03. The molecule has 31 heavy (non-hydrogen) atoms. The van der Waals surface area contributed by atoms with Crippen molar-refractivity contribution >= 4 is 5.82 Å². The lowest BCUT2D eigenvalue weighted by Crippen LogP contribution is -2.22. The first kappa shape index (κ1) is 20.7. The summed E-state index contributed by atoms with van der Waals surface area (Å²) in [6, 6.07) is 10.6. The average molecular weight is 435 g/mol. The summed E-state index contributed by atoms with van der Waals surface area (Å²) < 4.78 is 64.4. The second-order valence-corrected chi connectivity index (χ2v) is 6.98. The van der Waals surface area contributed by atoms with Crippen LogP contribution in [0.5, 0.6) is 17.4 Å². The van der Waals surface area contributed by atoms with Gasteiger partial charge in [0.05, 0.1) is 5.56 Å². The van der Waals surface area contributed by atoms with Crippen LogP contribution >= 0.6 is 0 Å². The number of ether oxygens (including phenoxy) is 2. The number of hydrogen-bond donors (Lipinski definition) is 0. The molecule has 4 rings (SSSR count). The van der Waals surface area contributed by atoms with Gasteiger partial charge in [-0.05, 0) is 35.9 Å². The van der Waals surface area contributed by atoms with Crippen LogP contribution in [0.2, 0.25) is 0 Å². The van der Waals surface area contributed by atoms with E-state index in [0.717, 1.165) is 24.0 Å². The van der Waals surface area contributed by atoms with E-state index in [2.05, 4.69) is 4.98 Å². The Hall–Kier alpha value is -3.56. The van der Waals surface area contributed by atoms with Crippen LogP contribution in [-0.2, 0) is 19.3 Å². The molecule has 3 aromatic rings. The van der Waals surface area contributed by atoms with E-state index < -0.39 is 17.6 Å². The first-order valence-corrected chi connectivity index (χ1v) is 9.30. The quantitative estimate of drug-likeness (QED) is 0.562. The number of likely N-dealkylation sites (N-methyl/N-ethyl adjacent to an activating group) is 1. The molecule has 0 aliphatic carbocycles. The lowest BCUT2D eigenvalue weighted by molar-refractivity contribution is -0.140. The Balaban J connectivity index is 1.42. The van der Waals surface area contributed by atoms with Crippen molar-refractivity contribution in [3.05, 3.63) is 76.0 Å². The van der Waals surface area contributed by atoms with Gasteiger partial charge in [-0.2, -0.15) is 18.2 Å². The van der Waals surface area contributed by atoms with Gasteiger partial charge in [-0.1, -0.05) is 12.1 Å². The summed E-state index contributed by atoms with van der Waals surface area (Å²) in [5.74, 6) is -0.283. The third-order valence-electron chi connectivity index (χ3n) is 4.80. The molecule has 2 aromatic carbocycles. The molecule has 0 bridgehead atoms. The van der Waals surface area contributed by atoms with E-state index in [1.54, 1.807) is 34.9 Å². The van der Waals surface area contributed by atoms with Crippen molar-refractivity contribution in [2.45, 2.75) is 19.3 Å². The van der Waals surface area contributed by atoms with Crippen molar-refractivity contribution < 1.29 is 27.0 Å². The van der Waals surface area contributed by atoms with Gasteiger partial charge in [0, 0.05) is 26.2 Å². The SMILES string of the molecule is CN1CCn2c1cc(OCc1ccc(Oc3ccc(F)c(C(F)(F)F)c3)cc1)nc2=O. The van der Waals surface area contributed by atoms with E-state index in [-0.39, 0.29) is 29.7 Å². The van der Waals surface area contributed by atoms with Crippen LogP contribution in [0.3, 0.4) is 0 Å². The molecule has 6 nitrogen and oxygen atoms in total. The Labute approximate surface area is 174 Å². The Morgan fingerprint density at radius 2 is 1.74 bits per heavy atom. The number of benzene rings is 2. The zero-order valence-corrected chi connectivity index (χ0v) is 16.3. The Kier molecular flexibility index (Phi) is 5.30. The number of aromatic nitrogens is 2. The molecular weight excluding hydrogens is 418 g/mol. The number of halogens is 4. The van der Waals surface area contributed by atoms with Crippen molar-refractivity contribution in [1.82, 2.24) is 9.55 Å². The highest BCUT2D eigenvalue weighted by Gasteiger charge is 2.34. The largest absolute Gasteiger partial charge is 0.473 e. The molecule has 1 aliphatic rings. The fourth-order valence-corrected chi connectivity index (χ4v) is 3.17. The molecule has 0 saturated carbocycles. The fraction of sp³-hybridized carbons (Fsp3) is 0.238. The van der Waals surface area contributed by atoms with Crippen molar-refractivity contribution in [1.29, 1.82) is 0 Å². The summed E-state index contributed by atoms with van der Waals surface area (Å²) in [6.45, 7) is 1.44. The molecule has 2 heterocycles. The molecule has 10 heteroatoms. The van der Waals surface area contributed by atoms with Crippen LogP contribution < -0.4 is 20.1 Å². The molecule has 0 atom stereocenters. The molecule has 0 amide bonds. The summed E-state index contributed by atoms with van der Waals surface area (Å²) in [6.07, 6.45) is -4.81. The van der Waals surface area contributed by atoms with Gasteiger partial charge in [0.15, 0.2) is 0 Å². The third-order valence-corrected chi connectivity index (χ3v) is 4.80. The topological polar surface area (TPSA) is 56.6 Å². The lowest BCUT2D eigenvalue weighted by Gasteiger charge is -2.13. The van der Waals surface area contributed by atoms with Gasteiger partial charge in [0.1, 0.15) is 29.7 Å². The fourth-order valence-electron chi connectivity index (χ4n) is 3.17. The maximum absolute atomic E-state index is 13.4. The second-order valence-electron chi connectivity index (χ2n) is 6.98. The average Bonchev–Trinajstić information content (AvgIpc) is 3.09. The van der Waals surface area contributed by atoms with Gasteiger partial charge >= 0.3 is 11.9 Å². The van der Waals surface area contributed by atoms with Crippen LogP contribution in [0, 0.1) is 5.82 Å². The zero-order chi connectivity index (χ0) is 22.2. The lowest BCUT2D eigenvalue weighted by atomic mass is 10.2. The highest BCUT2D eigenvalue weighted by atomic mass is 19.4. The summed E-state index contributed by atoms with van der Waals surface area (Å²) >= 11 is 0.